The molecule has 10 heteroatoms. The molecule has 4 rings (SSSR count). The number of methoxy groups -OCH3 is 4. The number of hydrogen-bond donors (Lipinski definition) is 0. The van der Waals surface area contributed by atoms with Crippen LogP contribution in [-0.2, 0) is 24.8 Å². The van der Waals surface area contributed by atoms with Crippen molar-refractivity contribution in [3.8, 4) is 23.0 Å². The molecular weight excluding hydrogens is 659 g/mol. The summed E-state index contributed by atoms with van der Waals surface area (Å²) in [6, 6.07) is 17.9. The highest BCUT2D eigenvalue weighted by atomic mass is 79.9. The zero-order valence-electron chi connectivity index (χ0n) is 24.7. The highest BCUT2D eigenvalue weighted by molar-refractivity contribution is 8.93. The minimum atomic E-state index is -0.334. The van der Waals surface area contributed by atoms with Gasteiger partial charge in [-0.3, -0.25) is 4.99 Å². The molecule has 0 fully saturated rings. The molecule has 0 bridgehead atoms. The fourth-order valence-corrected chi connectivity index (χ4v) is 6.21. The molecule has 0 amide bonds. The van der Waals surface area contributed by atoms with Gasteiger partial charge in [-0.2, -0.15) is 0 Å². The molecule has 226 valence electrons. The van der Waals surface area contributed by atoms with Gasteiger partial charge in [0.25, 0.3) is 0 Å². The number of nitrogens with zero attached hydrogens (tertiary/aromatic N) is 2. The summed E-state index contributed by atoms with van der Waals surface area (Å²) in [5, 5.41) is 3.29. The molecule has 0 saturated heterocycles. The number of aromatic nitrogens is 1. The smallest absolute Gasteiger partial charge is 0.184 e. The molecule has 0 spiro atoms. The molecule has 42 heavy (non-hydrogen) atoms. The standard InChI is InChI=1S/C32H36Cl2N2O4S.BrH/c1-32(2,23-9-10-24(33)25(34)19-23)30-20-41-31(35-15-13-21-7-11-26(37-3)28(17-21)39-5)36(30)16-14-22-8-12-27(38-4)29(18-22)40-6;/h7-12,17-20H,13-16H2,1-6H3;1H. The first-order chi connectivity index (χ1) is 19.7. The average molecular weight is 697 g/mol. The van der Waals surface area contributed by atoms with E-state index in [1.165, 1.54) is 0 Å². The van der Waals surface area contributed by atoms with Crippen LogP contribution in [-0.4, -0.2) is 39.6 Å². The van der Waals surface area contributed by atoms with Crippen LogP contribution in [0, 0.1) is 0 Å². The van der Waals surface area contributed by atoms with Crippen molar-refractivity contribution >= 4 is 51.5 Å². The van der Waals surface area contributed by atoms with Crippen LogP contribution >= 0.6 is 51.5 Å². The molecule has 0 radical (unpaired) electrons. The molecule has 3 aromatic carbocycles. The van der Waals surface area contributed by atoms with Gasteiger partial charge in [0.1, 0.15) is 0 Å². The first kappa shape index (κ1) is 33.8. The predicted molar refractivity (Wildman–Crippen MR) is 178 cm³/mol. The number of ether oxygens (including phenoxy) is 4. The van der Waals surface area contributed by atoms with Crippen LogP contribution in [0.3, 0.4) is 0 Å². The molecule has 1 heterocycles. The summed E-state index contributed by atoms with van der Waals surface area (Å²) in [7, 11) is 6.59. The zero-order chi connectivity index (χ0) is 29.6. The Morgan fingerprint density at radius 3 is 1.86 bits per heavy atom. The summed E-state index contributed by atoms with van der Waals surface area (Å²) in [6.45, 7) is 5.79. The van der Waals surface area contributed by atoms with Crippen LogP contribution in [0.25, 0.3) is 0 Å². The SMILES string of the molecule is Br.COc1ccc(CCN=c2scc(C(C)(C)c3ccc(Cl)c(Cl)c3)n2CCc2ccc(OC)c(OC)c2)cc1OC. The molecule has 0 N–H and O–H groups in total. The maximum absolute atomic E-state index is 6.42. The van der Waals surface area contributed by atoms with E-state index in [9.17, 15) is 0 Å². The monoisotopic (exact) mass is 694 g/mol. The lowest BCUT2D eigenvalue weighted by Gasteiger charge is -2.27. The van der Waals surface area contributed by atoms with Gasteiger partial charge in [-0.05, 0) is 65.9 Å². The molecule has 0 atom stereocenters. The summed E-state index contributed by atoms with van der Waals surface area (Å²) in [5.41, 5.74) is 4.19. The quantitative estimate of drug-likeness (QED) is 0.150. The van der Waals surface area contributed by atoms with E-state index in [4.69, 9.17) is 47.1 Å². The maximum Gasteiger partial charge on any atom is 0.184 e. The summed E-state index contributed by atoms with van der Waals surface area (Å²) < 4.78 is 24.1. The van der Waals surface area contributed by atoms with E-state index in [1.54, 1.807) is 39.8 Å². The van der Waals surface area contributed by atoms with Crippen LogP contribution < -0.4 is 23.7 Å². The fourth-order valence-electron chi connectivity index (χ4n) is 4.79. The minimum Gasteiger partial charge on any atom is -0.493 e. The molecular formula is C32H37BrCl2N2O4S. The second-order valence-corrected chi connectivity index (χ2v) is 11.7. The zero-order valence-corrected chi connectivity index (χ0v) is 28.7. The summed E-state index contributed by atoms with van der Waals surface area (Å²) in [4.78, 5) is 6.02. The first-order valence-corrected chi connectivity index (χ1v) is 14.9. The Hall–Kier alpha value is -2.65. The van der Waals surface area contributed by atoms with Crippen LogP contribution in [0.2, 0.25) is 10.0 Å². The van der Waals surface area contributed by atoms with E-state index in [-0.39, 0.29) is 22.4 Å². The molecule has 0 unspecified atom stereocenters. The van der Waals surface area contributed by atoms with E-state index in [0.29, 0.717) is 28.1 Å². The Kier molecular flexibility index (Phi) is 12.2. The van der Waals surface area contributed by atoms with Crippen molar-refractivity contribution in [1.82, 2.24) is 4.57 Å². The van der Waals surface area contributed by atoms with Crippen LogP contribution in [0.4, 0.5) is 0 Å². The third-order valence-electron chi connectivity index (χ3n) is 7.25. The van der Waals surface area contributed by atoms with Gasteiger partial charge < -0.3 is 23.5 Å². The molecule has 4 aromatic rings. The Balaban J connectivity index is 0.00000484. The van der Waals surface area contributed by atoms with Crippen molar-refractivity contribution < 1.29 is 18.9 Å². The lowest BCUT2D eigenvalue weighted by atomic mass is 9.82. The van der Waals surface area contributed by atoms with Gasteiger partial charge in [-0.25, -0.2) is 0 Å². The highest BCUT2D eigenvalue weighted by Gasteiger charge is 2.28. The van der Waals surface area contributed by atoms with E-state index >= 15 is 0 Å². The number of rotatable bonds is 12. The predicted octanol–water partition coefficient (Wildman–Crippen LogP) is 8.18. The normalized spacial score (nSPS) is 11.7. The second kappa shape index (κ2) is 15.2. The van der Waals surface area contributed by atoms with Gasteiger partial charge in [0, 0.05) is 29.6 Å². The van der Waals surface area contributed by atoms with Crippen LogP contribution in [0.15, 0.2) is 65.0 Å². The number of benzene rings is 3. The van der Waals surface area contributed by atoms with E-state index < -0.39 is 0 Å². The Morgan fingerprint density at radius 2 is 1.31 bits per heavy atom. The lowest BCUT2D eigenvalue weighted by Crippen LogP contribution is -2.28. The fraction of sp³-hybridized carbons (Fsp3) is 0.344. The Bertz CT molecular complexity index is 1570. The van der Waals surface area contributed by atoms with Crippen molar-refractivity contribution in [2.45, 2.75) is 38.6 Å². The van der Waals surface area contributed by atoms with Crippen molar-refractivity contribution in [1.29, 1.82) is 0 Å². The third-order valence-corrected chi connectivity index (χ3v) is 8.89. The molecule has 0 saturated carbocycles. The number of halogens is 3. The van der Waals surface area contributed by atoms with Crippen molar-refractivity contribution in [2.75, 3.05) is 35.0 Å². The minimum absolute atomic E-state index is 0. The number of aryl methyl sites for hydroxylation is 1. The van der Waals surface area contributed by atoms with Crippen molar-refractivity contribution in [2.24, 2.45) is 4.99 Å². The van der Waals surface area contributed by atoms with E-state index in [1.807, 2.05) is 42.5 Å². The van der Waals surface area contributed by atoms with Gasteiger partial charge in [-0.1, -0.05) is 55.2 Å². The number of thiazole rings is 1. The topological polar surface area (TPSA) is 54.2 Å². The van der Waals surface area contributed by atoms with Crippen LogP contribution in [0.5, 0.6) is 23.0 Å². The summed E-state index contributed by atoms with van der Waals surface area (Å²) >= 11 is 14.3. The highest BCUT2D eigenvalue weighted by Crippen LogP contribution is 2.36. The molecule has 6 nitrogen and oxygen atoms in total. The first-order valence-electron chi connectivity index (χ1n) is 13.3. The van der Waals surface area contributed by atoms with E-state index in [0.717, 1.165) is 58.1 Å². The van der Waals surface area contributed by atoms with Crippen molar-refractivity contribution in [3.05, 3.63) is 97.2 Å². The number of hydrogen-bond acceptors (Lipinski definition) is 6. The largest absolute Gasteiger partial charge is 0.493 e. The average Bonchev–Trinajstić information content (AvgIpc) is 3.40. The maximum atomic E-state index is 6.42. The molecule has 1 aromatic heterocycles. The summed E-state index contributed by atoms with van der Waals surface area (Å²) in [5.74, 6) is 2.87. The molecule has 0 aliphatic carbocycles. The van der Waals surface area contributed by atoms with Crippen molar-refractivity contribution in [3.63, 3.8) is 0 Å². The Labute approximate surface area is 272 Å². The van der Waals surface area contributed by atoms with Gasteiger partial charge in [0.05, 0.1) is 38.5 Å². The van der Waals surface area contributed by atoms with E-state index in [2.05, 4.69) is 35.9 Å². The van der Waals surface area contributed by atoms with Gasteiger partial charge in [-0.15, -0.1) is 28.3 Å². The molecule has 0 aliphatic heterocycles. The van der Waals surface area contributed by atoms with Gasteiger partial charge >= 0.3 is 0 Å². The summed E-state index contributed by atoms with van der Waals surface area (Å²) in [6.07, 6.45) is 1.57. The molecule has 0 aliphatic rings. The second-order valence-electron chi connectivity index (χ2n) is 10.1. The third kappa shape index (κ3) is 7.64. The van der Waals surface area contributed by atoms with Crippen LogP contribution in [0.1, 0.15) is 36.2 Å². The van der Waals surface area contributed by atoms with Gasteiger partial charge in [0.2, 0.25) is 0 Å². The lowest BCUT2D eigenvalue weighted by molar-refractivity contribution is 0.354. The Morgan fingerprint density at radius 1 is 0.738 bits per heavy atom. The van der Waals surface area contributed by atoms with Gasteiger partial charge in [0.15, 0.2) is 27.8 Å².